The van der Waals surface area contributed by atoms with Crippen LogP contribution >= 0.6 is 0 Å². The van der Waals surface area contributed by atoms with Gasteiger partial charge < -0.3 is 10.1 Å². The van der Waals surface area contributed by atoms with Gasteiger partial charge in [-0.15, -0.1) is 0 Å². The predicted octanol–water partition coefficient (Wildman–Crippen LogP) is 1.53. The Kier molecular flexibility index (Phi) is 1.95. The fourth-order valence-electron chi connectivity index (χ4n) is 1.86. The van der Waals surface area contributed by atoms with Crippen molar-refractivity contribution < 1.29 is 9.53 Å². The molecule has 1 N–H and O–H groups in total. The number of hydrogen-bond acceptors (Lipinski definition) is 2. The Hall–Kier alpha value is -0.730. The standard InChI is InChI=1S/C9H15NO2/c1-6(7-2-3-7)4-8-5-12-9(11)10-8/h6-8H,2-5H2,1H3,(H,10,11). The van der Waals surface area contributed by atoms with Crippen LogP contribution in [0.2, 0.25) is 0 Å². The Morgan fingerprint density at radius 2 is 2.42 bits per heavy atom. The fourth-order valence-corrected chi connectivity index (χ4v) is 1.86. The van der Waals surface area contributed by atoms with E-state index in [1.807, 2.05) is 0 Å². The lowest BCUT2D eigenvalue weighted by Gasteiger charge is -2.13. The second-order valence-electron chi connectivity index (χ2n) is 3.99. The van der Waals surface area contributed by atoms with Gasteiger partial charge in [-0.2, -0.15) is 0 Å². The number of hydrogen-bond donors (Lipinski definition) is 1. The van der Waals surface area contributed by atoms with Crippen LogP contribution in [-0.4, -0.2) is 18.7 Å². The van der Waals surface area contributed by atoms with Crippen molar-refractivity contribution in [1.82, 2.24) is 5.32 Å². The van der Waals surface area contributed by atoms with E-state index >= 15 is 0 Å². The Bertz CT molecular complexity index is 189. The van der Waals surface area contributed by atoms with Gasteiger partial charge in [-0.25, -0.2) is 4.79 Å². The Labute approximate surface area is 72.5 Å². The summed E-state index contributed by atoms with van der Waals surface area (Å²) in [7, 11) is 0. The first-order chi connectivity index (χ1) is 5.75. The number of carbonyl (C=O) groups excluding carboxylic acids is 1. The minimum absolute atomic E-state index is 0.247. The number of ether oxygens (including phenoxy) is 1. The minimum atomic E-state index is -0.247. The third-order valence-corrected chi connectivity index (χ3v) is 2.82. The monoisotopic (exact) mass is 169 g/mol. The molecule has 12 heavy (non-hydrogen) atoms. The van der Waals surface area contributed by atoms with Crippen molar-refractivity contribution >= 4 is 6.09 Å². The molecule has 0 bridgehead atoms. The van der Waals surface area contributed by atoms with Crippen molar-refractivity contribution in [2.75, 3.05) is 6.61 Å². The normalized spacial score (nSPS) is 31.1. The van der Waals surface area contributed by atoms with Crippen molar-refractivity contribution in [3.05, 3.63) is 0 Å². The average molecular weight is 169 g/mol. The van der Waals surface area contributed by atoms with E-state index in [2.05, 4.69) is 12.2 Å². The van der Waals surface area contributed by atoms with E-state index in [9.17, 15) is 4.79 Å². The molecule has 1 amide bonds. The van der Waals surface area contributed by atoms with E-state index in [0.717, 1.165) is 18.3 Å². The number of nitrogens with one attached hydrogen (secondary N) is 1. The maximum absolute atomic E-state index is 10.7. The molecule has 0 aromatic heterocycles. The van der Waals surface area contributed by atoms with Gasteiger partial charge in [0.1, 0.15) is 6.61 Å². The summed E-state index contributed by atoms with van der Waals surface area (Å²) in [5.74, 6) is 1.67. The summed E-state index contributed by atoms with van der Waals surface area (Å²) in [6, 6.07) is 0.271. The Morgan fingerprint density at radius 1 is 1.67 bits per heavy atom. The van der Waals surface area contributed by atoms with Gasteiger partial charge in [0.2, 0.25) is 0 Å². The van der Waals surface area contributed by atoms with Crippen LogP contribution in [0, 0.1) is 11.8 Å². The molecular weight excluding hydrogens is 154 g/mol. The third kappa shape index (κ3) is 1.71. The third-order valence-electron chi connectivity index (χ3n) is 2.82. The number of carbonyl (C=O) groups is 1. The molecule has 2 rings (SSSR count). The Balaban J connectivity index is 1.75. The molecule has 3 nitrogen and oxygen atoms in total. The quantitative estimate of drug-likeness (QED) is 0.695. The predicted molar refractivity (Wildman–Crippen MR) is 44.8 cm³/mol. The zero-order valence-electron chi connectivity index (χ0n) is 7.38. The molecule has 2 unspecified atom stereocenters. The van der Waals surface area contributed by atoms with Crippen LogP contribution in [0.15, 0.2) is 0 Å². The molecule has 1 aliphatic carbocycles. The van der Waals surface area contributed by atoms with Gasteiger partial charge in [-0.3, -0.25) is 0 Å². The van der Waals surface area contributed by atoms with Gasteiger partial charge in [0, 0.05) is 0 Å². The lowest BCUT2D eigenvalue weighted by molar-refractivity contribution is 0.176. The molecule has 0 radical (unpaired) electrons. The van der Waals surface area contributed by atoms with Gasteiger partial charge >= 0.3 is 6.09 Å². The first kappa shape index (κ1) is 7.90. The van der Waals surface area contributed by atoms with Crippen molar-refractivity contribution in [3.8, 4) is 0 Å². The molecule has 2 atom stereocenters. The largest absolute Gasteiger partial charge is 0.447 e. The molecule has 0 spiro atoms. The van der Waals surface area contributed by atoms with Crippen LogP contribution in [0.1, 0.15) is 26.2 Å². The summed E-state index contributed by atoms with van der Waals surface area (Å²) in [4.78, 5) is 10.7. The zero-order chi connectivity index (χ0) is 8.55. The molecule has 1 heterocycles. The molecular formula is C9H15NO2. The van der Waals surface area contributed by atoms with E-state index in [1.165, 1.54) is 12.8 Å². The molecule has 0 aromatic carbocycles. The summed E-state index contributed by atoms with van der Waals surface area (Å²) >= 11 is 0. The highest BCUT2D eigenvalue weighted by molar-refractivity contribution is 5.69. The summed E-state index contributed by atoms with van der Waals surface area (Å²) in [6.45, 7) is 2.83. The van der Waals surface area contributed by atoms with Crippen LogP contribution in [0.3, 0.4) is 0 Å². The lowest BCUT2D eigenvalue weighted by Crippen LogP contribution is -2.28. The first-order valence-electron chi connectivity index (χ1n) is 4.69. The van der Waals surface area contributed by atoms with Crippen LogP contribution in [-0.2, 0) is 4.74 Å². The first-order valence-corrected chi connectivity index (χ1v) is 4.69. The number of amides is 1. The van der Waals surface area contributed by atoms with Gasteiger partial charge in [0.25, 0.3) is 0 Å². The van der Waals surface area contributed by atoms with E-state index in [1.54, 1.807) is 0 Å². The molecule has 1 aliphatic heterocycles. The van der Waals surface area contributed by atoms with Crippen LogP contribution in [0.4, 0.5) is 4.79 Å². The molecule has 68 valence electrons. The summed E-state index contributed by atoms with van der Waals surface area (Å²) < 4.78 is 4.82. The van der Waals surface area contributed by atoms with Gasteiger partial charge in [0.15, 0.2) is 0 Å². The van der Waals surface area contributed by atoms with Crippen molar-refractivity contribution in [2.24, 2.45) is 11.8 Å². The minimum Gasteiger partial charge on any atom is -0.447 e. The highest BCUT2D eigenvalue weighted by Gasteiger charge is 2.32. The molecule has 1 saturated heterocycles. The topological polar surface area (TPSA) is 38.3 Å². The average Bonchev–Trinajstić information content (AvgIpc) is 2.78. The van der Waals surface area contributed by atoms with Gasteiger partial charge in [0.05, 0.1) is 6.04 Å². The van der Waals surface area contributed by atoms with Crippen molar-refractivity contribution in [3.63, 3.8) is 0 Å². The van der Waals surface area contributed by atoms with Gasteiger partial charge in [-0.1, -0.05) is 6.92 Å². The Morgan fingerprint density at radius 3 is 2.92 bits per heavy atom. The van der Waals surface area contributed by atoms with E-state index in [4.69, 9.17) is 4.74 Å². The highest BCUT2D eigenvalue weighted by Crippen LogP contribution is 2.38. The molecule has 3 heteroatoms. The van der Waals surface area contributed by atoms with Crippen LogP contribution in [0.5, 0.6) is 0 Å². The smallest absolute Gasteiger partial charge is 0.407 e. The van der Waals surface area contributed by atoms with Crippen molar-refractivity contribution in [2.45, 2.75) is 32.2 Å². The zero-order valence-corrected chi connectivity index (χ0v) is 7.38. The molecule has 0 aromatic rings. The SMILES string of the molecule is CC(CC1COC(=O)N1)C1CC1. The molecule has 2 aliphatic rings. The second kappa shape index (κ2) is 2.96. The van der Waals surface area contributed by atoms with Crippen LogP contribution < -0.4 is 5.32 Å². The fraction of sp³-hybridized carbons (Fsp3) is 0.889. The number of rotatable bonds is 3. The lowest BCUT2D eigenvalue weighted by atomic mass is 9.98. The maximum atomic E-state index is 10.7. The molecule has 2 fully saturated rings. The van der Waals surface area contributed by atoms with E-state index in [-0.39, 0.29) is 12.1 Å². The van der Waals surface area contributed by atoms with E-state index in [0.29, 0.717) is 6.61 Å². The maximum Gasteiger partial charge on any atom is 0.407 e. The van der Waals surface area contributed by atoms with E-state index < -0.39 is 0 Å². The summed E-state index contributed by atoms with van der Waals surface area (Å²) in [6.07, 6.45) is 3.59. The van der Waals surface area contributed by atoms with Gasteiger partial charge in [-0.05, 0) is 31.1 Å². The molecule has 1 saturated carbocycles. The second-order valence-corrected chi connectivity index (χ2v) is 3.99. The number of alkyl carbamates (subject to hydrolysis) is 1. The van der Waals surface area contributed by atoms with Crippen LogP contribution in [0.25, 0.3) is 0 Å². The number of cyclic esters (lactones) is 1. The summed E-state index contributed by atoms with van der Waals surface area (Å²) in [5.41, 5.74) is 0. The summed E-state index contributed by atoms with van der Waals surface area (Å²) in [5, 5.41) is 2.81. The highest BCUT2D eigenvalue weighted by atomic mass is 16.6. The van der Waals surface area contributed by atoms with Crippen molar-refractivity contribution in [1.29, 1.82) is 0 Å².